The molecule has 0 aliphatic rings. The molecule has 1 atom stereocenters. The average molecular weight is 332 g/mol. The number of hydrogen-bond acceptors (Lipinski definition) is 2. The summed E-state index contributed by atoms with van der Waals surface area (Å²) in [6.45, 7) is 7.00. The van der Waals surface area contributed by atoms with E-state index in [2.05, 4.69) is 35.1 Å². The molecule has 1 unspecified atom stereocenters. The van der Waals surface area contributed by atoms with Crippen LogP contribution in [0.25, 0.3) is 0 Å². The summed E-state index contributed by atoms with van der Waals surface area (Å²) in [5, 5.41) is 3.40. The monoisotopic (exact) mass is 331 g/mol. The maximum absolute atomic E-state index is 13.2. The van der Waals surface area contributed by atoms with Crippen molar-refractivity contribution in [2.75, 3.05) is 26.8 Å². The molecule has 2 nitrogen and oxygen atoms in total. The Bertz CT molecular complexity index is 384. The largest absolute Gasteiger partial charge is 0.383 e. The van der Waals surface area contributed by atoms with E-state index in [0.29, 0.717) is 16.3 Å². The van der Waals surface area contributed by atoms with E-state index < -0.39 is 0 Å². The van der Waals surface area contributed by atoms with E-state index in [-0.39, 0.29) is 5.82 Å². The molecule has 1 aromatic carbocycles. The van der Waals surface area contributed by atoms with E-state index in [1.165, 1.54) is 11.6 Å². The van der Waals surface area contributed by atoms with Crippen molar-refractivity contribution in [1.29, 1.82) is 0 Å². The third-order valence-corrected chi connectivity index (χ3v) is 3.92. The van der Waals surface area contributed by atoms with Crippen molar-refractivity contribution in [1.82, 2.24) is 5.32 Å². The molecule has 0 bridgehead atoms. The Kier molecular flexibility index (Phi) is 7.57. The molecule has 0 amide bonds. The summed E-state index contributed by atoms with van der Waals surface area (Å²) in [4.78, 5) is 0. The van der Waals surface area contributed by atoms with E-state index in [4.69, 9.17) is 4.74 Å². The first-order chi connectivity index (χ1) is 9.04. The SMILES string of the molecule is COCCNCC(Cc1ccc(F)c(Br)c1)C(C)C. The van der Waals surface area contributed by atoms with Crippen molar-refractivity contribution < 1.29 is 9.13 Å². The highest BCUT2D eigenvalue weighted by Crippen LogP contribution is 2.21. The van der Waals surface area contributed by atoms with Gasteiger partial charge in [-0.1, -0.05) is 19.9 Å². The Labute approximate surface area is 123 Å². The molecule has 0 saturated heterocycles. The minimum absolute atomic E-state index is 0.205. The summed E-state index contributed by atoms with van der Waals surface area (Å²) in [7, 11) is 1.71. The minimum Gasteiger partial charge on any atom is -0.383 e. The molecular formula is C15H23BrFNO. The number of hydrogen-bond donors (Lipinski definition) is 1. The van der Waals surface area contributed by atoms with Gasteiger partial charge in [0.1, 0.15) is 5.82 Å². The van der Waals surface area contributed by atoms with Crippen LogP contribution in [0.5, 0.6) is 0 Å². The first kappa shape index (κ1) is 16.6. The Morgan fingerprint density at radius 3 is 2.68 bits per heavy atom. The zero-order chi connectivity index (χ0) is 14.3. The molecule has 1 aromatic rings. The topological polar surface area (TPSA) is 21.3 Å². The minimum atomic E-state index is -0.205. The van der Waals surface area contributed by atoms with Crippen molar-refractivity contribution >= 4 is 15.9 Å². The van der Waals surface area contributed by atoms with Crippen LogP contribution >= 0.6 is 15.9 Å². The Morgan fingerprint density at radius 2 is 2.11 bits per heavy atom. The molecule has 1 N–H and O–H groups in total. The highest BCUT2D eigenvalue weighted by atomic mass is 79.9. The van der Waals surface area contributed by atoms with Crippen LogP contribution in [0.15, 0.2) is 22.7 Å². The van der Waals surface area contributed by atoms with E-state index in [1.807, 2.05) is 12.1 Å². The van der Waals surface area contributed by atoms with Gasteiger partial charge in [0.25, 0.3) is 0 Å². The molecule has 0 aromatic heterocycles. The van der Waals surface area contributed by atoms with Crippen molar-refractivity contribution in [2.45, 2.75) is 20.3 Å². The number of ether oxygens (including phenoxy) is 1. The Balaban J connectivity index is 2.54. The van der Waals surface area contributed by atoms with Gasteiger partial charge in [0, 0.05) is 13.7 Å². The smallest absolute Gasteiger partial charge is 0.137 e. The number of halogens is 2. The Morgan fingerprint density at radius 1 is 1.37 bits per heavy atom. The lowest BCUT2D eigenvalue weighted by Gasteiger charge is -2.21. The van der Waals surface area contributed by atoms with Crippen molar-refractivity contribution in [2.24, 2.45) is 11.8 Å². The predicted molar refractivity (Wildman–Crippen MR) is 80.9 cm³/mol. The van der Waals surface area contributed by atoms with Gasteiger partial charge in [0.05, 0.1) is 11.1 Å². The molecule has 1 rings (SSSR count). The lowest BCUT2D eigenvalue weighted by Crippen LogP contribution is -2.30. The standard InChI is InChI=1S/C15H23BrFNO/c1-11(2)13(10-18-6-7-19-3)8-12-4-5-15(17)14(16)9-12/h4-5,9,11,13,18H,6-8,10H2,1-3H3. The van der Waals surface area contributed by atoms with E-state index >= 15 is 0 Å². The normalized spacial score (nSPS) is 12.9. The second-order valence-electron chi connectivity index (χ2n) is 5.15. The fraction of sp³-hybridized carbons (Fsp3) is 0.600. The zero-order valence-corrected chi connectivity index (χ0v) is 13.5. The van der Waals surface area contributed by atoms with Gasteiger partial charge < -0.3 is 10.1 Å². The first-order valence-corrected chi connectivity index (χ1v) is 7.47. The quantitative estimate of drug-likeness (QED) is 0.734. The maximum Gasteiger partial charge on any atom is 0.137 e. The molecular weight excluding hydrogens is 309 g/mol. The molecule has 0 heterocycles. The molecule has 108 valence electrons. The van der Waals surface area contributed by atoms with Gasteiger partial charge in [0.15, 0.2) is 0 Å². The molecule has 0 radical (unpaired) electrons. The number of benzene rings is 1. The fourth-order valence-electron chi connectivity index (χ4n) is 1.97. The van der Waals surface area contributed by atoms with E-state index in [1.54, 1.807) is 7.11 Å². The highest BCUT2D eigenvalue weighted by molar-refractivity contribution is 9.10. The second-order valence-corrected chi connectivity index (χ2v) is 6.01. The molecule has 0 spiro atoms. The predicted octanol–water partition coefficient (Wildman–Crippen LogP) is 3.64. The maximum atomic E-state index is 13.2. The first-order valence-electron chi connectivity index (χ1n) is 6.68. The van der Waals surface area contributed by atoms with Gasteiger partial charge in [0.2, 0.25) is 0 Å². The molecule has 19 heavy (non-hydrogen) atoms. The van der Waals surface area contributed by atoms with Crippen LogP contribution in [0.1, 0.15) is 19.4 Å². The summed E-state index contributed by atoms with van der Waals surface area (Å²) < 4.78 is 18.8. The highest BCUT2D eigenvalue weighted by Gasteiger charge is 2.14. The third-order valence-electron chi connectivity index (χ3n) is 3.31. The number of nitrogens with one attached hydrogen (secondary N) is 1. The zero-order valence-electron chi connectivity index (χ0n) is 11.9. The summed E-state index contributed by atoms with van der Waals surface area (Å²) >= 11 is 3.24. The Hall–Kier alpha value is -0.450. The third kappa shape index (κ3) is 6.02. The number of methoxy groups -OCH3 is 1. The lowest BCUT2D eigenvalue weighted by molar-refractivity contribution is 0.196. The van der Waals surface area contributed by atoms with Crippen LogP contribution in [0, 0.1) is 17.7 Å². The second kappa shape index (κ2) is 8.67. The van der Waals surface area contributed by atoms with Gasteiger partial charge in [-0.3, -0.25) is 0 Å². The summed E-state index contributed by atoms with van der Waals surface area (Å²) in [6, 6.07) is 5.26. The fourth-order valence-corrected chi connectivity index (χ4v) is 2.40. The van der Waals surface area contributed by atoms with Crippen LogP contribution in [0.3, 0.4) is 0 Å². The summed E-state index contributed by atoms with van der Waals surface area (Å²) in [5.74, 6) is 0.913. The van der Waals surface area contributed by atoms with E-state index in [0.717, 1.165) is 26.1 Å². The van der Waals surface area contributed by atoms with Gasteiger partial charge >= 0.3 is 0 Å². The van der Waals surface area contributed by atoms with Gasteiger partial charge in [-0.2, -0.15) is 0 Å². The lowest BCUT2D eigenvalue weighted by atomic mass is 9.89. The molecule has 0 aliphatic heterocycles. The molecule has 0 fully saturated rings. The van der Waals surface area contributed by atoms with Crippen LogP contribution in [-0.2, 0) is 11.2 Å². The van der Waals surface area contributed by atoms with Gasteiger partial charge in [-0.05, 0) is 58.4 Å². The molecule has 0 aliphatic carbocycles. The van der Waals surface area contributed by atoms with Gasteiger partial charge in [-0.15, -0.1) is 0 Å². The number of rotatable bonds is 8. The van der Waals surface area contributed by atoms with Crippen LogP contribution in [0.4, 0.5) is 4.39 Å². The van der Waals surface area contributed by atoms with Crippen LogP contribution in [0.2, 0.25) is 0 Å². The average Bonchev–Trinajstić information content (AvgIpc) is 2.37. The van der Waals surface area contributed by atoms with Crippen molar-refractivity contribution in [3.05, 3.63) is 34.1 Å². The molecule has 0 saturated carbocycles. The van der Waals surface area contributed by atoms with Crippen molar-refractivity contribution in [3.63, 3.8) is 0 Å². The van der Waals surface area contributed by atoms with Crippen molar-refractivity contribution in [3.8, 4) is 0 Å². The van der Waals surface area contributed by atoms with Crippen LogP contribution in [-0.4, -0.2) is 26.8 Å². The summed E-state index contributed by atoms with van der Waals surface area (Å²) in [5.41, 5.74) is 1.17. The summed E-state index contributed by atoms with van der Waals surface area (Å²) in [6.07, 6.45) is 0.955. The van der Waals surface area contributed by atoms with Crippen LogP contribution < -0.4 is 5.32 Å². The van der Waals surface area contributed by atoms with Gasteiger partial charge in [-0.25, -0.2) is 4.39 Å². The molecule has 4 heteroatoms. The van der Waals surface area contributed by atoms with E-state index in [9.17, 15) is 4.39 Å².